The fourth-order valence-electron chi connectivity index (χ4n) is 1.86. The number of nitrogens with one attached hydrogen (secondary N) is 2. The van der Waals surface area contributed by atoms with Gasteiger partial charge < -0.3 is 15.2 Å². The van der Waals surface area contributed by atoms with Crippen molar-refractivity contribution in [1.82, 2.24) is 20.2 Å². The van der Waals surface area contributed by atoms with E-state index in [2.05, 4.69) is 15.6 Å². The second-order valence-electron chi connectivity index (χ2n) is 4.58. The third-order valence-electron chi connectivity index (χ3n) is 2.90. The van der Waals surface area contributed by atoms with Crippen LogP contribution in [0, 0.1) is 0 Å². The molecule has 5 nitrogen and oxygen atoms in total. The second-order valence-corrected chi connectivity index (χ2v) is 4.58. The van der Waals surface area contributed by atoms with Crippen molar-refractivity contribution >= 4 is 5.91 Å². The summed E-state index contributed by atoms with van der Waals surface area (Å²) in [4.78, 5) is 16.1. The molecule has 0 spiro atoms. The van der Waals surface area contributed by atoms with Crippen LogP contribution in [-0.4, -0.2) is 22.0 Å². The molecular formula is C15H20N4O. The van der Waals surface area contributed by atoms with Crippen LogP contribution in [0.2, 0.25) is 0 Å². The van der Waals surface area contributed by atoms with Crippen LogP contribution in [0.1, 0.15) is 18.2 Å². The summed E-state index contributed by atoms with van der Waals surface area (Å²) in [5.74, 6) is -0.0127. The molecule has 0 aliphatic heterocycles. The zero-order chi connectivity index (χ0) is 14.2. The summed E-state index contributed by atoms with van der Waals surface area (Å²) >= 11 is 0. The molecule has 5 heteroatoms. The Hall–Kier alpha value is -2.14. The standard InChI is InChI=1S/C15H20N4O/c1-2-16-9-14-10-19(12-18-14)11-15(20)17-8-13-6-4-3-5-7-13/h3-7,10,12,16H,2,8-9,11H2,1H3,(H,17,20). The van der Waals surface area contributed by atoms with Gasteiger partial charge in [-0.05, 0) is 12.1 Å². The molecule has 1 aromatic heterocycles. The lowest BCUT2D eigenvalue weighted by Gasteiger charge is -2.05. The lowest BCUT2D eigenvalue weighted by molar-refractivity contribution is -0.121. The summed E-state index contributed by atoms with van der Waals surface area (Å²) in [7, 11) is 0. The van der Waals surface area contributed by atoms with Crippen molar-refractivity contribution in [2.45, 2.75) is 26.6 Å². The van der Waals surface area contributed by atoms with Gasteiger partial charge in [-0.1, -0.05) is 37.3 Å². The number of amides is 1. The van der Waals surface area contributed by atoms with Crippen molar-refractivity contribution in [3.8, 4) is 0 Å². The highest BCUT2D eigenvalue weighted by Gasteiger charge is 2.04. The smallest absolute Gasteiger partial charge is 0.240 e. The Kier molecular flexibility index (Phi) is 5.32. The Labute approximate surface area is 119 Å². The number of rotatable bonds is 7. The highest BCUT2D eigenvalue weighted by molar-refractivity contribution is 5.75. The normalized spacial score (nSPS) is 10.4. The monoisotopic (exact) mass is 272 g/mol. The molecule has 0 fully saturated rings. The molecule has 1 heterocycles. The van der Waals surface area contributed by atoms with E-state index in [9.17, 15) is 4.79 Å². The van der Waals surface area contributed by atoms with Gasteiger partial charge in [-0.2, -0.15) is 0 Å². The van der Waals surface area contributed by atoms with E-state index in [1.54, 1.807) is 10.9 Å². The van der Waals surface area contributed by atoms with E-state index in [0.717, 1.165) is 24.3 Å². The number of hydrogen-bond donors (Lipinski definition) is 2. The predicted molar refractivity (Wildman–Crippen MR) is 77.9 cm³/mol. The van der Waals surface area contributed by atoms with Crippen LogP contribution >= 0.6 is 0 Å². The van der Waals surface area contributed by atoms with E-state index >= 15 is 0 Å². The highest BCUT2D eigenvalue weighted by atomic mass is 16.1. The summed E-state index contributed by atoms with van der Waals surface area (Å²) in [6, 6.07) is 9.87. The van der Waals surface area contributed by atoms with Crippen LogP contribution in [0.15, 0.2) is 42.9 Å². The van der Waals surface area contributed by atoms with Crippen molar-refractivity contribution in [3.05, 3.63) is 54.1 Å². The molecule has 1 amide bonds. The molecule has 1 aromatic carbocycles. The average molecular weight is 272 g/mol. The molecule has 0 unspecified atom stereocenters. The Morgan fingerprint density at radius 3 is 2.80 bits per heavy atom. The van der Waals surface area contributed by atoms with Gasteiger partial charge in [0.1, 0.15) is 6.54 Å². The first-order valence-corrected chi connectivity index (χ1v) is 6.80. The van der Waals surface area contributed by atoms with Gasteiger partial charge in [0, 0.05) is 19.3 Å². The Morgan fingerprint density at radius 2 is 2.05 bits per heavy atom. The minimum Gasteiger partial charge on any atom is -0.350 e. The molecule has 2 rings (SSSR count). The SMILES string of the molecule is CCNCc1cn(CC(=O)NCc2ccccc2)cn1. The molecule has 0 saturated heterocycles. The number of benzene rings is 1. The summed E-state index contributed by atoms with van der Waals surface area (Å²) in [6.45, 7) is 4.54. The minimum atomic E-state index is -0.0127. The van der Waals surface area contributed by atoms with E-state index in [-0.39, 0.29) is 5.91 Å². The predicted octanol–water partition coefficient (Wildman–Crippen LogP) is 1.31. The first kappa shape index (κ1) is 14.3. The van der Waals surface area contributed by atoms with Gasteiger partial charge >= 0.3 is 0 Å². The van der Waals surface area contributed by atoms with Crippen molar-refractivity contribution in [1.29, 1.82) is 0 Å². The van der Waals surface area contributed by atoms with Gasteiger partial charge in [-0.25, -0.2) is 4.98 Å². The van der Waals surface area contributed by atoms with Crippen LogP contribution in [0.3, 0.4) is 0 Å². The third kappa shape index (κ3) is 4.51. The summed E-state index contributed by atoms with van der Waals surface area (Å²) < 4.78 is 1.80. The molecule has 0 aliphatic carbocycles. The van der Waals surface area contributed by atoms with Crippen molar-refractivity contribution in [2.24, 2.45) is 0 Å². The van der Waals surface area contributed by atoms with E-state index in [1.807, 2.05) is 43.5 Å². The fraction of sp³-hybridized carbons (Fsp3) is 0.333. The Morgan fingerprint density at radius 1 is 1.25 bits per heavy atom. The number of carbonyl (C=O) groups excluding carboxylic acids is 1. The average Bonchev–Trinajstić information content (AvgIpc) is 2.91. The van der Waals surface area contributed by atoms with Crippen LogP contribution in [0.4, 0.5) is 0 Å². The molecule has 0 aliphatic rings. The minimum absolute atomic E-state index is 0.0127. The van der Waals surface area contributed by atoms with Crippen molar-refractivity contribution in [2.75, 3.05) is 6.54 Å². The van der Waals surface area contributed by atoms with Crippen molar-refractivity contribution < 1.29 is 4.79 Å². The van der Waals surface area contributed by atoms with Gasteiger partial charge in [0.05, 0.1) is 12.0 Å². The molecule has 2 N–H and O–H groups in total. The zero-order valence-electron chi connectivity index (χ0n) is 11.7. The maximum absolute atomic E-state index is 11.8. The van der Waals surface area contributed by atoms with Gasteiger partial charge in [0.25, 0.3) is 0 Å². The molecule has 106 valence electrons. The first-order valence-electron chi connectivity index (χ1n) is 6.80. The second kappa shape index (κ2) is 7.45. The summed E-state index contributed by atoms with van der Waals surface area (Å²) in [6.07, 6.45) is 3.58. The number of imidazole rings is 1. The summed E-state index contributed by atoms with van der Waals surface area (Å²) in [5.41, 5.74) is 2.04. The molecule has 0 radical (unpaired) electrons. The first-order chi connectivity index (χ1) is 9.78. The van der Waals surface area contributed by atoms with Crippen LogP contribution < -0.4 is 10.6 Å². The Balaban J connectivity index is 1.78. The van der Waals surface area contributed by atoms with Crippen LogP contribution in [0.25, 0.3) is 0 Å². The maximum atomic E-state index is 11.8. The number of hydrogen-bond acceptors (Lipinski definition) is 3. The number of carbonyl (C=O) groups is 1. The fourth-order valence-corrected chi connectivity index (χ4v) is 1.86. The lowest BCUT2D eigenvalue weighted by Crippen LogP contribution is -2.26. The molecular weight excluding hydrogens is 252 g/mol. The third-order valence-corrected chi connectivity index (χ3v) is 2.90. The van der Waals surface area contributed by atoms with Gasteiger partial charge in [0.15, 0.2) is 0 Å². The Bertz CT molecular complexity index is 536. The lowest BCUT2D eigenvalue weighted by atomic mass is 10.2. The van der Waals surface area contributed by atoms with Crippen molar-refractivity contribution in [3.63, 3.8) is 0 Å². The summed E-state index contributed by atoms with van der Waals surface area (Å²) in [5, 5.41) is 6.10. The zero-order valence-corrected chi connectivity index (χ0v) is 11.7. The van der Waals surface area contributed by atoms with E-state index in [0.29, 0.717) is 13.1 Å². The topological polar surface area (TPSA) is 59.0 Å². The van der Waals surface area contributed by atoms with Gasteiger partial charge in [0.2, 0.25) is 5.91 Å². The molecule has 2 aromatic rings. The van der Waals surface area contributed by atoms with Crippen LogP contribution in [0.5, 0.6) is 0 Å². The number of aromatic nitrogens is 2. The largest absolute Gasteiger partial charge is 0.350 e. The molecule has 0 bridgehead atoms. The van der Waals surface area contributed by atoms with E-state index in [4.69, 9.17) is 0 Å². The van der Waals surface area contributed by atoms with Crippen LogP contribution in [-0.2, 0) is 24.4 Å². The maximum Gasteiger partial charge on any atom is 0.240 e. The van der Waals surface area contributed by atoms with Gasteiger partial charge in [-0.15, -0.1) is 0 Å². The molecule has 0 atom stereocenters. The van der Waals surface area contributed by atoms with E-state index < -0.39 is 0 Å². The molecule has 20 heavy (non-hydrogen) atoms. The quantitative estimate of drug-likeness (QED) is 0.799. The highest BCUT2D eigenvalue weighted by Crippen LogP contribution is 1.98. The van der Waals surface area contributed by atoms with Gasteiger partial charge in [-0.3, -0.25) is 4.79 Å². The molecule has 0 saturated carbocycles. The number of nitrogens with zero attached hydrogens (tertiary/aromatic N) is 2. The van der Waals surface area contributed by atoms with E-state index in [1.165, 1.54) is 0 Å².